The van der Waals surface area contributed by atoms with Gasteiger partial charge in [-0.3, -0.25) is 4.98 Å². The number of piperidine rings is 1. The van der Waals surface area contributed by atoms with Gasteiger partial charge in [0.15, 0.2) is 0 Å². The standard InChI is InChI=1S/C14H23N3/c1-11(13-6-9-17(3)10-7-13)16-14-5-4-8-15-12(14)2/h4-5,8,11,13,16H,6-7,9-10H2,1-3H3. The Kier molecular flexibility index (Phi) is 4.00. The predicted octanol–water partition coefficient (Wildman–Crippen LogP) is 2.53. The molecule has 1 aliphatic rings. The maximum atomic E-state index is 4.32. The first-order valence-corrected chi connectivity index (χ1v) is 6.53. The molecular weight excluding hydrogens is 210 g/mol. The van der Waals surface area contributed by atoms with Crippen LogP contribution in [0.15, 0.2) is 18.3 Å². The molecule has 3 nitrogen and oxygen atoms in total. The minimum Gasteiger partial charge on any atom is -0.381 e. The number of hydrogen-bond donors (Lipinski definition) is 1. The zero-order valence-corrected chi connectivity index (χ0v) is 11.1. The van der Waals surface area contributed by atoms with Crippen LogP contribution in [0.25, 0.3) is 0 Å². The molecule has 2 heterocycles. The van der Waals surface area contributed by atoms with Crippen molar-refractivity contribution in [2.45, 2.75) is 32.7 Å². The van der Waals surface area contributed by atoms with Crippen LogP contribution in [0.5, 0.6) is 0 Å². The van der Waals surface area contributed by atoms with E-state index >= 15 is 0 Å². The molecule has 1 aromatic heterocycles. The third-order valence-corrected chi connectivity index (χ3v) is 3.86. The number of likely N-dealkylation sites (tertiary alicyclic amines) is 1. The summed E-state index contributed by atoms with van der Waals surface area (Å²) < 4.78 is 0. The molecule has 0 radical (unpaired) electrons. The fraction of sp³-hybridized carbons (Fsp3) is 0.643. The molecular formula is C14H23N3. The maximum Gasteiger partial charge on any atom is 0.0603 e. The van der Waals surface area contributed by atoms with Gasteiger partial charge in [0.2, 0.25) is 0 Å². The number of anilines is 1. The summed E-state index contributed by atoms with van der Waals surface area (Å²) in [7, 11) is 2.21. The summed E-state index contributed by atoms with van der Waals surface area (Å²) in [5.74, 6) is 0.783. The second-order valence-electron chi connectivity index (χ2n) is 5.21. The molecule has 3 heteroatoms. The van der Waals surface area contributed by atoms with Crippen molar-refractivity contribution in [3.05, 3.63) is 24.0 Å². The van der Waals surface area contributed by atoms with Crippen LogP contribution < -0.4 is 5.32 Å². The molecule has 0 aliphatic carbocycles. The molecule has 1 atom stereocenters. The minimum absolute atomic E-state index is 0.534. The normalized spacial score (nSPS) is 20.2. The van der Waals surface area contributed by atoms with Crippen molar-refractivity contribution in [3.8, 4) is 0 Å². The van der Waals surface area contributed by atoms with Gasteiger partial charge in [0.1, 0.15) is 0 Å². The van der Waals surface area contributed by atoms with Crippen molar-refractivity contribution in [1.29, 1.82) is 0 Å². The van der Waals surface area contributed by atoms with E-state index in [0.717, 1.165) is 11.6 Å². The molecule has 0 bridgehead atoms. The summed E-state index contributed by atoms with van der Waals surface area (Å²) in [6.07, 6.45) is 4.44. The number of aromatic nitrogens is 1. The average Bonchev–Trinajstić information content (AvgIpc) is 2.33. The second-order valence-corrected chi connectivity index (χ2v) is 5.21. The lowest BCUT2D eigenvalue weighted by Gasteiger charge is -2.33. The van der Waals surface area contributed by atoms with Gasteiger partial charge in [-0.05, 0) is 64.9 Å². The quantitative estimate of drug-likeness (QED) is 0.869. The van der Waals surface area contributed by atoms with Gasteiger partial charge in [-0.2, -0.15) is 0 Å². The van der Waals surface area contributed by atoms with Crippen molar-refractivity contribution in [3.63, 3.8) is 0 Å². The van der Waals surface area contributed by atoms with Gasteiger partial charge in [0.05, 0.1) is 11.4 Å². The molecule has 1 fully saturated rings. The Morgan fingerprint density at radius 2 is 2.12 bits per heavy atom. The van der Waals surface area contributed by atoms with Crippen molar-refractivity contribution < 1.29 is 0 Å². The molecule has 1 saturated heterocycles. The topological polar surface area (TPSA) is 28.2 Å². The Hall–Kier alpha value is -1.09. The summed E-state index contributed by atoms with van der Waals surface area (Å²) in [6.45, 7) is 6.80. The number of nitrogens with zero attached hydrogens (tertiary/aromatic N) is 2. The third-order valence-electron chi connectivity index (χ3n) is 3.86. The first-order chi connectivity index (χ1) is 8.16. The van der Waals surface area contributed by atoms with Crippen LogP contribution in [-0.2, 0) is 0 Å². The van der Waals surface area contributed by atoms with Crippen molar-refractivity contribution >= 4 is 5.69 Å². The van der Waals surface area contributed by atoms with E-state index in [9.17, 15) is 0 Å². The van der Waals surface area contributed by atoms with Gasteiger partial charge >= 0.3 is 0 Å². The van der Waals surface area contributed by atoms with Crippen molar-refractivity contribution in [2.24, 2.45) is 5.92 Å². The Balaban J connectivity index is 1.93. The maximum absolute atomic E-state index is 4.32. The van der Waals surface area contributed by atoms with E-state index in [-0.39, 0.29) is 0 Å². The van der Waals surface area contributed by atoms with Crippen LogP contribution >= 0.6 is 0 Å². The SMILES string of the molecule is Cc1ncccc1NC(C)C1CCN(C)CC1. The molecule has 1 unspecified atom stereocenters. The van der Waals surface area contributed by atoms with E-state index in [1.807, 2.05) is 12.3 Å². The fourth-order valence-corrected chi connectivity index (χ4v) is 2.53. The third kappa shape index (κ3) is 3.19. The smallest absolute Gasteiger partial charge is 0.0603 e. The van der Waals surface area contributed by atoms with Gasteiger partial charge in [-0.15, -0.1) is 0 Å². The van der Waals surface area contributed by atoms with Crippen molar-refractivity contribution in [1.82, 2.24) is 9.88 Å². The van der Waals surface area contributed by atoms with Crippen LogP contribution in [0.1, 0.15) is 25.5 Å². The van der Waals surface area contributed by atoms with Gasteiger partial charge in [-0.1, -0.05) is 0 Å². The highest BCUT2D eigenvalue weighted by Gasteiger charge is 2.22. The number of nitrogens with one attached hydrogen (secondary N) is 1. The van der Waals surface area contributed by atoms with E-state index in [1.165, 1.54) is 31.6 Å². The largest absolute Gasteiger partial charge is 0.381 e. The minimum atomic E-state index is 0.534. The van der Waals surface area contributed by atoms with Gasteiger partial charge in [0.25, 0.3) is 0 Å². The molecule has 1 N–H and O–H groups in total. The lowest BCUT2D eigenvalue weighted by Crippen LogP contribution is -2.37. The predicted molar refractivity (Wildman–Crippen MR) is 72.3 cm³/mol. The summed E-state index contributed by atoms with van der Waals surface area (Å²) in [5.41, 5.74) is 2.27. The molecule has 0 aromatic carbocycles. The van der Waals surface area contributed by atoms with Gasteiger partial charge in [-0.25, -0.2) is 0 Å². The van der Waals surface area contributed by atoms with Crippen LogP contribution in [0.3, 0.4) is 0 Å². The lowest BCUT2D eigenvalue weighted by molar-refractivity contribution is 0.208. The van der Waals surface area contributed by atoms with E-state index in [1.54, 1.807) is 0 Å². The highest BCUT2D eigenvalue weighted by atomic mass is 15.1. The summed E-state index contributed by atoms with van der Waals surface area (Å²) in [6, 6.07) is 4.65. The lowest BCUT2D eigenvalue weighted by atomic mass is 9.90. The molecule has 0 amide bonds. The number of pyridine rings is 1. The zero-order chi connectivity index (χ0) is 12.3. The van der Waals surface area contributed by atoms with E-state index < -0.39 is 0 Å². The number of hydrogen-bond acceptors (Lipinski definition) is 3. The van der Waals surface area contributed by atoms with Gasteiger partial charge in [0, 0.05) is 12.2 Å². The summed E-state index contributed by atoms with van der Waals surface area (Å²) in [4.78, 5) is 6.73. The number of rotatable bonds is 3. The molecule has 17 heavy (non-hydrogen) atoms. The van der Waals surface area contributed by atoms with Crippen LogP contribution in [0.2, 0.25) is 0 Å². The zero-order valence-electron chi connectivity index (χ0n) is 11.1. The van der Waals surface area contributed by atoms with Gasteiger partial charge < -0.3 is 10.2 Å². The van der Waals surface area contributed by atoms with E-state index in [4.69, 9.17) is 0 Å². The van der Waals surface area contributed by atoms with Crippen LogP contribution in [0.4, 0.5) is 5.69 Å². The van der Waals surface area contributed by atoms with Crippen LogP contribution in [-0.4, -0.2) is 36.1 Å². The fourth-order valence-electron chi connectivity index (χ4n) is 2.53. The number of aryl methyl sites for hydroxylation is 1. The highest BCUT2D eigenvalue weighted by molar-refractivity contribution is 5.47. The Morgan fingerprint density at radius 1 is 1.41 bits per heavy atom. The Labute approximate surface area is 104 Å². The van der Waals surface area contributed by atoms with Crippen LogP contribution in [0, 0.1) is 12.8 Å². The Bertz CT molecular complexity index is 356. The molecule has 0 saturated carbocycles. The molecule has 0 spiro atoms. The second kappa shape index (κ2) is 5.50. The van der Waals surface area contributed by atoms with E-state index in [2.05, 4.69) is 42.2 Å². The molecule has 94 valence electrons. The molecule has 1 aliphatic heterocycles. The Morgan fingerprint density at radius 3 is 2.76 bits per heavy atom. The summed E-state index contributed by atoms with van der Waals surface area (Å²) in [5, 5.41) is 3.61. The average molecular weight is 233 g/mol. The van der Waals surface area contributed by atoms with Crippen molar-refractivity contribution in [2.75, 3.05) is 25.5 Å². The molecule has 2 rings (SSSR count). The first-order valence-electron chi connectivity index (χ1n) is 6.53. The monoisotopic (exact) mass is 233 g/mol. The van der Waals surface area contributed by atoms with E-state index in [0.29, 0.717) is 6.04 Å². The highest BCUT2D eigenvalue weighted by Crippen LogP contribution is 2.23. The summed E-state index contributed by atoms with van der Waals surface area (Å²) >= 11 is 0. The first kappa shape index (κ1) is 12.4. The molecule has 1 aromatic rings.